The number of carbonyl (C=O) groups excluding carboxylic acids is 2. The molecule has 0 aliphatic carbocycles. The third kappa shape index (κ3) is 7.78. The van der Waals surface area contributed by atoms with Crippen molar-refractivity contribution in [3.63, 3.8) is 0 Å². The molecule has 0 spiro atoms. The molecule has 280 valence electrons. The second-order valence-corrected chi connectivity index (χ2v) is 18.1. The lowest BCUT2D eigenvalue weighted by molar-refractivity contribution is -0.151. The van der Waals surface area contributed by atoms with Gasteiger partial charge in [0.05, 0.1) is 33.3 Å². The highest BCUT2D eigenvalue weighted by Crippen LogP contribution is 2.61. The molecule has 0 radical (unpaired) electrons. The minimum Gasteiger partial charge on any atom is -0.479 e. The van der Waals surface area contributed by atoms with Crippen molar-refractivity contribution in [3.05, 3.63) is 6.33 Å². The molecular weight excluding hydrogens is 673 g/mol. The Morgan fingerprint density at radius 2 is 1.56 bits per heavy atom. The van der Waals surface area contributed by atoms with Crippen LogP contribution in [0.4, 0.5) is 5.95 Å². The number of anilines is 1. The quantitative estimate of drug-likeness (QED) is 0.224. The van der Waals surface area contributed by atoms with Gasteiger partial charge < -0.3 is 39.4 Å². The number of nitrogen functional groups attached to an aromatic ring is 1. The van der Waals surface area contributed by atoms with E-state index in [4.69, 9.17) is 29.2 Å². The van der Waals surface area contributed by atoms with E-state index in [1.807, 2.05) is 41.5 Å². The minimum atomic E-state index is -4.20. The third-order valence-electron chi connectivity index (χ3n) is 8.95. The first-order valence-corrected chi connectivity index (χ1v) is 18.5. The molecule has 0 saturated carbocycles. The predicted octanol–water partition coefficient (Wildman–Crippen LogP) is 2.66. The van der Waals surface area contributed by atoms with Crippen LogP contribution in [0.1, 0.15) is 80.4 Å². The normalized spacial score (nSPS) is 28.4. The number of esters is 2. The molecule has 17 nitrogen and oxygen atoms in total. The summed E-state index contributed by atoms with van der Waals surface area (Å²) in [6.07, 6.45) is -0.768. The van der Waals surface area contributed by atoms with Crippen LogP contribution in [0.5, 0.6) is 5.88 Å². The zero-order valence-electron chi connectivity index (χ0n) is 30.2. The number of nitrogens with two attached hydrogens (primary N) is 1. The number of aromatic nitrogens is 4. The largest absolute Gasteiger partial charge is 0.479 e. The van der Waals surface area contributed by atoms with E-state index >= 15 is 4.57 Å². The average molecular weight is 726 g/mol. The van der Waals surface area contributed by atoms with Crippen LogP contribution in [0.3, 0.4) is 0 Å². The van der Waals surface area contributed by atoms with Gasteiger partial charge in [0.1, 0.15) is 29.9 Å². The van der Waals surface area contributed by atoms with Crippen LogP contribution >= 0.6 is 7.67 Å². The highest BCUT2D eigenvalue weighted by atomic mass is 31.2. The summed E-state index contributed by atoms with van der Waals surface area (Å²) in [5.41, 5.74) is 3.86. The molecule has 18 heteroatoms. The Morgan fingerprint density at radius 3 is 2.06 bits per heavy atom. The van der Waals surface area contributed by atoms with E-state index in [0.29, 0.717) is 25.7 Å². The lowest BCUT2D eigenvalue weighted by atomic mass is 9.96. The van der Waals surface area contributed by atoms with Crippen molar-refractivity contribution in [2.45, 2.75) is 110 Å². The molecule has 2 aromatic rings. The number of ether oxygens (including phenoxy) is 4. The number of fused-ring (bicyclic) bond motifs is 1. The summed E-state index contributed by atoms with van der Waals surface area (Å²) >= 11 is 0. The molecule has 3 fully saturated rings. The SMILES string of the molecule is COc1nc(N)nc2c1ncn2[C@@H]1O[C@H](COP(=O)(N2CCC[C@H]2C(=O)OCC(C)(C)C)N2CCC[C@H]2C(=O)OCC(C)(C)C)[C@@H](O)[C@@]1(C)O. The van der Waals surface area contributed by atoms with Gasteiger partial charge in [-0.05, 0) is 43.4 Å². The van der Waals surface area contributed by atoms with Gasteiger partial charge in [-0.3, -0.25) is 18.7 Å². The maximum atomic E-state index is 15.4. The average Bonchev–Trinajstić information content (AvgIpc) is 3.84. The second kappa shape index (κ2) is 14.2. The number of hydrogen-bond donors (Lipinski definition) is 3. The number of imidazole rings is 1. The molecule has 0 amide bonds. The van der Waals surface area contributed by atoms with Gasteiger partial charge in [-0.1, -0.05) is 41.5 Å². The third-order valence-corrected chi connectivity index (χ3v) is 11.7. The van der Waals surface area contributed by atoms with Crippen LogP contribution in [0.15, 0.2) is 6.33 Å². The van der Waals surface area contributed by atoms with Gasteiger partial charge in [-0.15, -0.1) is 0 Å². The Balaban J connectivity index is 1.44. The summed E-state index contributed by atoms with van der Waals surface area (Å²) in [5, 5.41) is 22.9. The van der Waals surface area contributed by atoms with Gasteiger partial charge in [0.2, 0.25) is 11.8 Å². The summed E-state index contributed by atoms with van der Waals surface area (Å²) in [4.78, 5) is 39.5. The zero-order valence-corrected chi connectivity index (χ0v) is 31.1. The smallest absolute Gasteiger partial charge is 0.347 e. The number of rotatable bonds is 11. The summed E-state index contributed by atoms with van der Waals surface area (Å²) in [6, 6.07) is -1.78. The molecule has 2 aromatic heterocycles. The second-order valence-electron chi connectivity index (χ2n) is 15.9. The van der Waals surface area contributed by atoms with Crippen LogP contribution < -0.4 is 10.5 Å². The minimum absolute atomic E-state index is 0.0995. The Labute approximate surface area is 292 Å². The molecule has 5 heterocycles. The van der Waals surface area contributed by atoms with E-state index < -0.39 is 62.3 Å². The predicted molar refractivity (Wildman–Crippen MR) is 181 cm³/mol. The summed E-state index contributed by atoms with van der Waals surface area (Å²) in [5.74, 6) is -1.04. The summed E-state index contributed by atoms with van der Waals surface area (Å²) < 4.78 is 48.9. The first kappa shape index (κ1) is 38.3. The Bertz CT molecular complexity index is 1550. The highest BCUT2D eigenvalue weighted by Gasteiger charge is 2.57. The molecule has 3 saturated heterocycles. The Hall–Kier alpha value is -2.92. The first-order chi connectivity index (χ1) is 23.3. The molecule has 3 aliphatic rings. The maximum absolute atomic E-state index is 15.4. The topological polar surface area (TPSA) is 214 Å². The first-order valence-electron chi connectivity index (χ1n) is 17.0. The number of aliphatic hydroxyl groups is 2. The van der Waals surface area contributed by atoms with E-state index in [1.165, 1.54) is 34.3 Å². The van der Waals surface area contributed by atoms with Gasteiger partial charge in [0.25, 0.3) is 0 Å². The highest BCUT2D eigenvalue weighted by molar-refractivity contribution is 7.54. The van der Waals surface area contributed by atoms with Crippen molar-refractivity contribution >= 4 is 36.7 Å². The van der Waals surface area contributed by atoms with E-state index in [-0.39, 0.29) is 60.1 Å². The fourth-order valence-electron chi connectivity index (χ4n) is 6.42. The monoisotopic (exact) mass is 725 g/mol. The molecular formula is C32H52N7O10P. The van der Waals surface area contributed by atoms with Crippen LogP contribution in [0, 0.1) is 10.8 Å². The fraction of sp³-hybridized carbons (Fsp3) is 0.781. The summed E-state index contributed by atoms with van der Waals surface area (Å²) in [7, 11) is -2.80. The summed E-state index contributed by atoms with van der Waals surface area (Å²) in [6.45, 7) is 13.4. The van der Waals surface area contributed by atoms with E-state index in [9.17, 15) is 19.8 Å². The fourth-order valence-corrected chi connectivity index (χ4v) is 9.26. The number of nitrogens with zero attached hydrogens (tertiary/aromatic N) is 6. The van der Waals surface area contributed by atoms with Crippen molar-refractivity contribution < 1.29 is 47.8 Å². The molecule has 3 aliphatic heterocycles. The molecule has 0 unspecified atom stereocenters. The van der Waals surface area contributed by atoms with Crippen molar-refractivity contribution in [1.82, 2.24) is 28.9 Å². The number of carbonyl (C=O) groups is 2. The lowest BCUT2D eigenvalue weighted by Crippen LogP contribution is -2.46. The van der Waals surface area contributed by atoms with Gasteiger partial charge in [-0.2, -0.15) is 9.97 Å². The van der Waals surface area contributed by atoms with Crippen LogP contribution in [-0.2, 0) is 32.9 Å². The van der Waals surface area contributed by atoms with Gasteiger partial charge in [-0.25, -0.2) is 14.3 Å². The van der Waals surface area contributed by atoms with Gasteiger partial charge in [0.15, 0.2) is 17.4 Å². The molecule has 6 atom stereocenters. The molecule has 0 bridgehead atoms. The molecule has 4 N–H and O–H groups in total. The van der Waals surface area contributed by atoms with Crippen LogP contribution in [-0.4, -0.2) is 121 Å². The van der Waals surface area contributed by atoms with Crippen molar-refractivity contribution in [2.24, 2.45) is 10.8 Å². The van der Waals surface area contributed by atoms with Crippen LogP contribution in [0.2, 0.25) is 0 Å². The van der Waals surface area contributed by atoms with E-state index in [1.54, 1.807) is 0 Å². The molecule has 50 heavy (non-hydrogen) atoms. The van der Waals surface area contributed by atoms with Gasteiger partial charge >= 0.3 is 19.6 Å². The molecule has 5 rings (SSSR count). The standard InChI is InChI=1S/C32H52N7O10P/c1-30(2,3)16-46-26(41)19-11-9-13-38(19)50(44,39-14-10-12-20(39)27(42)47-17-31(4,5)6)48-15-21-23(40)32(7,43)28(49-21)37-18-34-22-24(37)35-29(33)36-25(22)45-8/h18-21,23,28,40,43H,9-17H2,1-8H3,(H2,33,35,36)/t19-,20-,21+,23+,28+,32+/m0/s1. The van der Waals surface area contributed by atoms with Crippen LogP contribution in [0.25, 0.3) is 11.2 Å². The molecule has 0 aromatic carbocycles. The van der Waals surface area contributed by atoms with Gasteiger partial charge in [0, 0.05) is 13.1 Å². The van der Waals surface area contributed by atoms with Crippen molar-refractivity contribution in [3.8, 4) is 5.88 Å². The Morgan fingerprint density at radius 1 is 1.02 bits per heavy atom. The number of hydrogen-bond acceptors (Lipinski definition) is 14. The number of aliphatic hydroxyl groups excluding tert-OH is 1. The number of methoxy groups -OCH3 is 1. The Kier molecular flexibility index (Phi) is 10.9. The van der Waals surface area contributed by atoms with E-state index in [2.05, 4.69) is 15.0 Å². The lowest BCUT2D eigenvalue weighted by Gasteiger charge is -2.39. The zero-order chi connectivity index (χ0) is 36.8. The van der Waals surface area contributed by atoms with E-state index in [0.717, 1.165) is 0 Å². The van der Waals surface area contributed by atoms with Crippen molar-refractivity contribution in [1.29, 1.82) is 0 Å². The van der Waals surface area contributed by atoms with Crippen molar-refractivity contribution in [2.75, 3.05) is 45.8 Å². The maximum Gasteiger partial charge on any atom is 0.347 e.